The first kappa shape index (κ1) is 12.9. The molecule has 1 aliphatic heterocycles. The van der Waals surface area contributed by atoms with E-state index < -0.39 is 0 Å². The minimum atomic E-state index is 0.0846. The van der Waals surface area contributed by atoms with Gasteiger partial charge in [-0.05, 0) is 25.5 Å². The van der Waals surface area contributed by atoms with Gasteiger partial charge in [-0.3, -0.25) is 4.79 Å². The van der Waals surface area contributed by atoms with Crippen molar-refractivity contribution in [1.82, 2.24) is 10.6 Å². The summed E-state index contributed by atoms with van der Waals surface area (Å²) in [4.78, 5) is 13.9. The molecule has 0 radical (unpaired) electrons. The van der Waals surface area contributed by atoms with E-state index in [1.54, 1.807) is 0 Å². The highest BCUT2D eigenvalue weighted by atomic mass is 16.2. The molecule has 1 aromatic rings. The third-order valence-electron chi connectivity index (χ3n) is 3.18. The normalized spacial score (nSPS) is 19.0. The molecule has 0 spiro atoms. The molecule has 0 saturated heterocycles. The lowest BCUT2D eigenvalue weighted by Crippen LogP contribution is -2.42. The lowest BCUT2D eigenvalue weighted by atomic mass is 10.1. The lowest BCUT2D eigenvalue weighted by molar-refractivity contribution is -0.119. The summed E-state index contributed by atoms with van der Waals surface area (Å²) < 4.78 is 0. The Kier molecular flexibility index (Phi) is 4.20. The number of carbonyl (C=O) groups excluding carboxylic acids is 1. The zero-order valence-corrected chi connectivity index (χ0v) is 11.1. The highest BCUT2D eigenvalue weighted by Crippen LogP contribution is 2.22. The summed E-state index contributed by atoms with van der Waals surface area (Å²) in [6, 6.07) is 8.66. The highest BCUT2D eigenvalue weighted by Gasteiger charge is 2.20. The molecule has 1 atom stereocenters. The van der Waals surface area contributed by atoms with E-state index >= 15 is 0 Å². The zero-order valence-electron chi connectivity index (χ0n) is 11.1. The summed E-state index contributed by atoms with van der Waals surface area (Å²) in [7, 11) is 0. The Labute approximate surface area is 108 Å². The van der Waals surface area contributed by atoms with Crippen LogP contribution < -0.4 is 15.5 Å². The highest BCUT2D eigenvalue weighted by molar-refractivity contribution is 5.81. The average molecular weight is 247 g/mol. The van der Waals surface area contributed by atoms with Gasteiger partial charge in [0, 0.05) is 31.4 Å². The number of para-hydroxylation sites is 1. The predicted molar refractivity (Wildman–Crippen MR) is 73.6 cm³/mol. The number of nitrogens with one attached hydrogen (secondary N) is 2. The Morgan fingerprint density at radius 3 is 3.06 bits per heavy atom. The number of hydrogen-bond donors (Lipinski definition) is 2. The van der Waals surface area contributed by atoms with E-state index in [9.17, 15) is 4.79 Å². The summed E-state index contributed by atoms with van der Waals surface area (Å²) in [6.07, 6.45) is 0. The molecule has 1 unspecified atom stereocenters. The van der Waals surface area contributed by atoms with Crippen molar-refractivity contribution in [3.8, 4) is 0 Å². The Morgan fingerprint density at radius 2 is 2.28 bits per heavy atom. The molecule has 1 aliphatic rings. The number of hydrogen-bond acceptors (Lipinski definition) is 3. The standard InChI is InChI=1S/C14H21N3O/c1-3-15-14(18)10-17-9-11(2)16-8-12-6-4-5-7-13(12)17/h4-7,11,16H,3,8-10H2,1-2H3,(H,15,18). The first-order valence-corrected chi connectivity index (χ1v) is 6.53. The van der Waals surface area contributed by atoms with Gasteiger partial charge in [0.25, 0.3) is 0 Å². The maximum absolute atomic E-state index is 11.8. The van der Waals surface area contributed by atoms with Gasteiger partial charge in [0.05, 0.1) is 6.54 Å². The van der Waals surface area contributed by atoms with E-state index in [1.807, 2.05) is 19.1 Å². The van der Waals surface area contributed by atoms with Gasteiger partial charge in [0.2, 0.25) is 5.91 Å². The number of anilines is 1. The van der Waals surface area contributed by atoms with Crippen LogP contribution >= 0.6 is 0 Å². The average Bonchev–Trinajstić information content (AvgIpc) is 2.50. The third kappa shape index (κ3) is 3.01. The molecule has 98 valence electrons. The van der Waals surface area contributed by atoms with Crippen molar-refractivity contribution in [1.29, 1.82) is 0 Å². The van der Waals surface area contributed by atoms with E-state index in [-0.39, 0.29) is 5.91 Å². The molecule has 1 heterocycles. The molecular formula is C14H21N3O. The van der Waals surface area contributed by atoms with Crippen LogP contribution in [0.2, 0.25) is 0 Å². The van der Waals surface area contributed by atoms with Gasteiger partial charge < -0.3 is 15.5 Å². The van der Waals surface area contributed by atoms with Crippen molar-refractivity contribution in [3.63, 3.8) is 0 Å². The first-order valence-electron chi connectivity index (χ1n) is 6.53. The van der Waals surface area contributed by atoms with Crippen molar-refractivity contribution < 1.29 is 4.79 Å². The molecule has 1 amide bonds. The number of carbonyl (C=O) groups is 1. The molecule has 4 heteroatoms. The van der Waals surface area contributed by atoms with E-state index in [0.717, 1.165) is 13.1 Å². The quantitative estimate of drug-likeness (QED) is 0.841. The van der Waals surface area contributed by atoms with Crippen molar-refractivity contribution >= 4 is 11.6 Å². The molecule has 0 saturated carbocycles. The molecule has 1 aromatic carbocycles. The van der Waals surface area contributed by atoms with Crippen LogP contribution in [0.4, 0.5) is 5.69 Å². The Morgan fingerprint density at radius 1 is 1.50 bits per heavy atom. The van der Waals surface area contributed by atoms with Gasteiger partial charge in [-0.25, -0.2) is 0 Å². The van der Waals surface area contributed by atoms with Crippen LogP contribution in [0.5, 0.6) is 0 Å². The van der Waals surface area contributed by atoms with Gasteiger partial charge in [0.1, 0.15) is 0 Å². The van der Waals surface area contributed by atoms with Crippen LogP contribution in [0.1, 0.15) is 19.4 Å². The molecule has 0 aliphatic carbocycles. The van der Waals surface area contributed by atoms with E-state index in [0.29, 0.717) is 19.1 Å². The minimum absolute atomic E-state index is 0.0846. The van der Waals surface area contributed by atoms with E-state index in [4.69, 9.17) is 0 Å². The monoisotopic (exact) mass is 247 g/mol. The van der Waals surface area contributed by atoms with Crippen LogP contribution in [-0.2, 0) is 11.3 Å². The van der Waals surface area contributed by atoms with Gasteiger partial charge in [-0.15, -0.1) is 0 Å². The Bertz CT molecular complexity index is 419. The van der Waals surface area contributed by atoms with Crippen LogP contribution in [0.15, 0.2) is 24.3 Å². The minimum Gasteiger partial charge on any atom is -0.360 e. The van der Waals surface area contributed by atoms with Crippen LogP contribution in [0.25, 0.3) is 0 Å². The number of rotatable bonds is 3. The van der Waals surface area contributed by atoms with Crippen molar-refractivity contribution in [2.24, 2.45) is 0 Å². The topological polar surface area (TPSA) is 44.4 Å². The molecule has 18 heavy (non-hydrogen) atoms. The smallest absolute Gasteiger partial charge is 0.239 e. The fraction of sp³-hybridized carbons (Fsp3) is 0.500. The van der Waals surface area contributed by atoms with Crippen LogP contribution in [0.3, 0.4) is 0 Å². The molecule has 2 N–H and O–H groups in total. The Hall–Kier alpha value is -1.55. The SMILES string of the molecule is CCNC(=O)CN1CC(C)NCc2ccccc21. The van der Waals surface area contributed by atoms with Gasteiger partial charge >= 0.3 is 0 Å². The number of benzene rings is 1. The third-order valence-corrected chi connectivity index (χ3v) is 3.18. The molecule has 4 nitrogen and oxygen atoms in total. The Balaban J connectivity index is 2.18. The van der Waals surface area contributed by atoms with Crippen molar-refractivity contribution in [2.75, 3.05) is 24.5 Å². The fourth-order valence-corrected chi connectivity index (χ4v) is 2.32. The molecule has 0 aromatic heterocycles. The first-order chi connectivity index (χ1) is 8.70. The second-order valence-electron chi connectivity index (χ2n) is 4.74. The number of nitrogens with zero attached hydrogens (tertiary/aromatic N) is 1. The summed E-state index contributed by atoms with van der Waals surface area (Å²) in [5, 5.41) is 6.32. The summed E-state index contributed by atoms with van der Waals surface area (Å²) in [6.45, 7) is 6.92. The molecular weight excluding hydrogens is 226 g/mol. The number of amides is 1. The maximum atomic E-state index is 11.8. The van der Waals surface area contributed by atoms with E-state index in [2.05, 4.69) is 34.6 Å². The summed E-state index contributed by atoms with van der Waals surface area (Å²) >= 11 is 0. The lowest BCUT2D eigenvalue weighted by Gasteiger charge is -2.25. The predicted octanol–water partition coefficient (Wildman–Crippen LogP) is 1.12. The molecule has 2 rings (SSSR count). The summed E-state index contributed by atoms with van der Waals surface area (Å²) in [5.41, 5.74) is 2.42. The number of fused-ring (bicyclic) bond motifs is 1. The second-order valence-corrected chi connectivity index (χ2v) is 4.74. The summed E-state index contributed by atoms with van der Waals surface area (Å²) in [5.74, 6) is 0.0846. The van der Waals surface area contributed by atoms with Crippen molar-refractivity contribution in [3.05, 3.63) is 29.8 Å². The second kappa shape index (κ2) is 5.87. The maximum Gasteiger partial charge on any atom is 0.239 e. The molecule has 0 bridgehead atoms. The number of likely N-dealkylation sites (N-methyl/N-ethyl adjacent to an activating group) is 1. The van der Waals surface area contributed by atoms with Crippen LogP contribution in [-0.4, -0.2) is 31.6 Å². The van der Waals surface area contributed by atoms with Crippen LogP contribution in [0, 0.1) is 0 Å². The fourth-order valence-electron chi connectivity index (χ4n) is 2.32. The van der Waals surface area contributed by atoms with E-state index in [1.165, 1.54) is 11.3 Å². The van der Waals surface area contributed by atoms with Gasteiger partial charge in [-0.1, -0.05) is 18.2 Å². The zero-order chi connectivity index (χ0) is 13.0. The van der Waals surface area contributed by atoms with Gasteiger partial charge in [0.15, 0.2) is 0 Å². The van der Waals surface area contributed by atoms with Crippen molar-refractivity contribution in [2.45, 2.75) is 26.4 Å². The molecule has 0 fully saturated rings. The van der Waals surface area contributed by atoms with Gasteiger partial charge in [-0.2, -0.15) is 0 Å². The largest absolute Gasteiger partial charge is 0.360 e.